The molecule has 3 aromatic rings. The van der Waals surface area contributed by atoms with E-state index in [0.29, 0.717) is 36.5 Å². The van der Waals surface area contributed by atoms with Crippen LogP contribution in [0.4, 0.5) is 10.5 Å². The molecule has 2 aliphatic rings. The normalized spacial score (nSPS) is 21.8. The van der Waals surface area contributed by atoms with Gasteiger partial charge in [-0.25, -0.2) is 4.79 Å². The largest absolute Gasteiger partial charge is 0.495 e. The number of anilines is 1. The minimum atomic E-state index is -0.0740. The molecule has 2 amide bonds. The molecular weight excluding hydrogens is 462 g/mol. The van der Waals surface area contributed by atoms with Gasteiger partial charge in [0, 0.05) is 38.2 Å². The summed E-state index contributed by atoms with van der Waals surface area (Å²) in [7, 11) is 3.40. The Labute approximate surface area is 220 Å². The number of nitrogens with zero attached hydrogens (tertiary/aromatic N) is 2. The van der Waals surface area contributed by atoms with Gasteiger partial charge in [-0.3, -0.25) is 4.90 Å². The van der Waals surface area contributed by atoms with E-state index < -0.39 is 0 Å². The Morgan fingerprint density at radius 1 is 0.946 bits per heavy atom. The van der Waals surface area contributed by atoms with Crippen LogP contribution < -0.4 is 10.1 Å². The number of aryl methyl sites for hydroxylation is 1. The molecule has 37 heavy (non-hydrogen) atoms. The number of fused-ring (bicyclic) bond motifs is 1. The fourth-order valence-electron chi connectivity index (χ4n) is 5.94. The van der Waals surface area contributed by atoms with Crippen molar-refractivity contribution in [1.29, 1.82) is 0 Å². The Balaban J connectivity index is 1.36. The lowest BCUT2D eigenvalue weighted by Crippen LogP contribution is -2.68. The zero-order chi connectivity index (χ0) is 25.8. The third-order valence-electron chi connectivity index (χ3n) is 7.80. The van der Waals surface area contributed by atoms with Crippen molar-refractivity contribution in [3.8, 4) is 16.9 Å². The van der Waals surface area contributed by atoms with E-state index in [2.05, 4.69) is 65.7 Å². The number of para-hydroxylation sites is 2. The number of hydrogen-bond acceptors (Lipinski definition) is 4. The summed E-state index contributed by atoms with van der Waals surface area (Å²) >= 11 is 0. The maximum absolute atomic E-state index is 13.4. The van der Waals surface area contributed by atoms with Crippen LogP contribution in [0.15, 0.2) is 72.8 Å². The molecule has 0 unspecified atom stereocenters. The zero-order valence-electron chi connectivity index (χ0n) is 22.0. The Kier molecular flexibility index (Phi) is 7.77. The van der Waals surface area contributed by atoms with Crippen LogP contribution in [0.3, 0.4) is 0 Å². The van der Waals surface area contributed by atoms with Crippen molar-refractivity contribution in [1.82, 2.24) is 9.80 Å². The van der Waals surface area contributed by atoms with Crippen molar-refractivity contribution in [2.24, 2.45) is 0 Å². The number of hydrogen-bond donors (Lipinski definition) is 1. The topological polar surface area (TPSA) is 54.0 Å². The highest BCUT2D eigenvalue weighted by atomic mass is 16.5. The van der Waals surface area contributed by atoms with Gasteiger partial charge in [0.2, 0.25) is 0 Å². The minimum absolute atomic E-state index is 0.0740. The molecule has 2 saturated heterocycles. The summed E-state index contributed by atoms with van der Waals surface area (Å²) in [4.78, 5) is 17.9. The van der Waals surface area contributed by atoms with Crippen molar-refractivity contribution in [2.45, 2.75) is 37.8 Å². The average Bonchev–Trinajstić information content (AvgIpc) is 2.90. The van der Waals surface area contributed by atoms with Gasteiger partial charge in [-0.15, -0.1) is 0 Å². The summed E-state index contributed by atoms with van der Waals surface area (Å²) in [6, 6.07) is 25.7. The molecule has 2 fully saturated rings. The van der Waals surface area contributed by atoms with E-state index in [-0.39, 0.29) is 12.1 Å². The smallest absolute Gasteiger partial charge is 0.322 e. The van der Waals surface area contributed by atoms with Gasteiger partial charge >= 0.3 is 6.03 Å². The summed E-state index contributed by atoms with van der Waals surface area (Å²) in [5, 5.41) is 3.08. The number of nitrogens with one attached hydrogen (secondary N) is 1. The SMILES string of the molecule is COC[C@@H]1[C@@H](c2ccc(-c3cccc(C)c3)cc2)[C@@H]2CN(C(=O)Nc3ccccc3OC)CCCCN12. The van der Waals surface area contributed by atoms with Crippen LogP contribution in [-0.4, -0.2) is 68.4 Å². The van der Waals surface area contributed by atoms with E-state index >= 15 is 0 Å². The molecule has 1 N–H and O–H groups in total. The first-order valence-electron chi connectivity index (χ1n) is 13.2. The molecule has 3 atom stereocenters. The molecule has 0 radical (unpaired) electrons. The van der Waals surface area contributed by atoms with Crippen molar-refractivity contribution in [2.75, 3.05) is 45.8 Å². The van der Waals surface area contributed by atoms with E-state index in [0.717, 1.165) is 25.9 Å². The number of rotatable bonds is 6. The molecule has 2 aliphatic heterocycles. The second kappa shape index (κ2) is 11.4. The van der Waals surface area contributed by atoms with Gasteiger partial charge in [0.15, 0.2) is 0 Å². The first-order chi connectivity index (χ1) is 18.1. The van der Waals surface area contributed by atoms with Crippen LogP contribution in [-0.2, 0) is 4.74 Å². The molecule has 2 heterocycles. The molecule has 5 rings (SSSR count). The number of urea groups is 1. The molecule has 0 bridgehead atoms. The molecule has 6 nitrogen and oxygen atoms in total. The molecule has 6 heteroatoms. The van der Waals surface area contributed by atoms with Crippen LogP contribution in [0.2, 0.25) is 0 Å². The molecule has 0 saturated carbocycles. The van der Waals surface area contributed by atoms with Gasteiger partial charge in [-0.05, 0) is 55.1 Å². The highest BCUT2D eigenvalue weighted by Crippen LogP contribution is 2.43. The van der Waals surface area contributed by atoms with Crippen LogP contribution in [0.5, 0.6) is 5.75 Å². The first kappa shape index (κ1) is 25.3. The third kappa shape index (κ3) is 5.36. The average molecular weight is 500 g/mol. The molecule has 0 aliphatic carbocycles. The van der Waals surface area contributed by atoms with Gasteiger partial charge in [-0.2, -0.15) is 0 Å². The number of carbonyl (C=O) groups excluding carboxylic acids is 1. The Hall–Kier alpha value is -3.35. The lowest BCUT2D eigenvalue weighted by Gasteiger charge is -2.57. The zero-order valence-corrected chi connectivity index (χ0v) is 22.0. The number of benzene rings is 3. The maximum Gasteiger partial charge on any atom is 0.322 e. The Bertz CT molecular complexity index is 1210. The Morgan fingerprint density at radius 3 is 2.49 bits per heavy atom. The quantitative estimate of drug-likeness (QED) is 0.467. The van der Waals surface area contributed by atoms with Gasteiger partial charge < -0.3 is 19.7 Å². The van der Waals surface area contributed by atoms with Crippen LogP contribution >= 0.6 is 0 Å². The highest BCUT2D eigenvalue weighted by Gasteiger charge is 2.49. The predicted molar refractivity (Wildman–Crippen MR) is 148 cm³/mol. The highest BCUT2D eigenvalue weighted by molar-refractivity contribution is 5.91. The lowest BCUT2D eigenvalue weighted by atomic mass is 9.74. The molecule has 194 valence electrons. The van der Waals surface area contributed by atoms with E-state index in [9.17, 15) is 4.79 Å². The van der Waals surface area contributed by atoms with Crippen molar-refractivity contribution in [3.63, 3.8) is 0 Å². The molecular formula is C31H37N3O3. The second-order valence-electron chi connectivity index (χ2n) is 10.1. The van der Waals surface area contributed by atoms with Crippen molar-refractivity contribution in [3.05, 3.63) is 83.9 Å². The minimum Gasteiger partial charge on any atom is -0.495 e. The van der Waals surface area contributed by atoms with Crippen LogP contribution in [0.1, 0.15) is 29.9 Å². The number of methoxy groups -OCH3 is 2. The Morgan fingerprint density at radius 2 is 1.73 bits per heavy atom. The van der Waals surface area contributed by atoms with Crippen LogP contribution in [0, 0.1) is 6.92 Å². The monoisotopic (exact) mass is 499 g/mol. The summed E-state index contributed by atoms with van der Waals surface area (Å²) in [6.07, 6.45) is 2.05. The number of amides is 2. The summed E-state index contributed by atoms with van der Waals surface area (Å²) in [5.41, 5.74) is 5.73. The van der Waals surface area contributed by atoms with Gasteiger partial charge in [-0.1, -0.05) is 66.2 Å². The molecule has 0 aromatic heterocycles. The van der Waals surface area contributed by atoms with Crippen molar-refractivity contribution >= 4 is 11.7 Å². The fraction of sp³-hybridized carbons (Fsp3) is 0.387. The van der Waals surface area contributed by atoms with Crippen molar-refractivity contribution < 1.29 is 14.3 Å². The summed E-state index contributed by atoms with van der Waals surface area (Å²) < 4.78 is 11.1. The standard InChI is InChI=1S/C31H37N3O3/c1-22-9-8-10-25(19-22)23-13-15-24(16-14-23)30-27-20-33(17-6-7-18-34(27)28(30)21-36-2)31(35)32-26-11-4-5-12-29(26)37-3/h4-5,8-16,19,27-28,30H,6-7,17-18,20-21H2,1-3H3,(H,32,35)/t27-,28+,30-/m0/s1. The summed E-state index contributed by atoms with van der Waals surface area (Å²) in [6.45, 7) is 5.29. The third-order valence-corrected chi connectivity index (χ3v) is 7.80. The van der Waals surface area contributed by atoms with Gasteiger partial charge in [0.25, 0.3) is 0 Å². The summed E-state index contributed by atoms with van der Waals surface area (Å²) in [5.74, 6) is 0.978. The molecule has 0 spiro atoms. The van der Waals surface area contributed by atoms with E-state index in [1.165, 1.54) is 22.3 Å². The predicted octanol–water partition coefficient (Wildman–Crippen LogP) is 5.78. The molecule has 3 aromatic carbocycles. The van der Waals surface area contributed by atoms with E-state index in [1.807, 2.05) is 29.2 Å². The van der Waals surface area contributed by atoms with Gasteiger partial charge in [0.05, 0.1) is 19.4 Å². The second-order valence-corrected chi connectivity index (χ2v) is 10.1. The number of carbonyl (C=O) groups is 1. The van der Waals surface area contributed by atoms with E-state index in [1.54, 1.807) is 14.2 Å². The van der Waals surface area contributed by atoms with Crippen LogP contribution in [0.25, 0.3) is 11.1 Å². The number of ether oxygens (including phenoxy) is 2. The maximum atomic E-state index is 13.4. The van der Waals surface area contributed by atoms with Gasteiger partial charge in [0.1, 0.15) is 5.75 Å². The first-order valence-corrected chi connectivity index (χ1v) is 13.2. The van der Waals surface area contributed by atoms with E-state index in [4.69, 9.17) is 9.47 Å². The lowest BCUT2D eigenvalue weighted by molar-refractivity contribution is -0.0663. The fourth-order valence-corrected chi connectivity index (χ4v) is 5.94.